The summed E-state index contributed by atoms with van der Waals surface area (Å²) in [7, 11) is 0. The number of hydrogen-bond acceptors (Lipinski definition) is 4. The molecule has 0 aromatic carbocycles. The molecule has 0 aliphatic carbocycles. The van der Waals surface area contributed by atoms with Crippen LogP contribution in [0.2, 0.25) is 5.15 Å². The van der Waals surface area contributed by atoms with Crippen LogP contribution in [0, 0.1) is 0 Å². The Labute approximate surface area is 112 Å². The molecular formula is C12H18ClN3S. The fourth-order valence-corrected chi connectivity index (χ4v) is 1.99. The molecule has 0 aliphatic rings. The summed E-state index contributed by atoms with van der Waals surface area (Å²) in [5.41, 5.74) is 0. The number of rotatable bonds is 8. The van der Waals surface area contributed by atoms with Gasteiger partial charge in [0.25, 0.3) is 0 Å². The highest BCUT2D eigenvalue weighted by atomic mass is 35.5. The lowest BCUT2D eigenvalue weighted by atomic mass is 10.2. The number of aromatic nitrogens is 2. The minimum Gasteiger partial charge on any atom is -0.297 e. The minimum atomic E-state index is 0.430. The normalized spacial score (nSPS) is 11.2. The Bertz CT molecular complexity index is 327. The summed E-state index contributed by atoms with van der Waals surface area (Å²) in [4.78, 5) is 4.36. The average Bonchev–Trinajstić information content (AvgIpc) is 2.35. The summed E-state index contributed by atoms with van der Waals surface area (Å²) in [5.74, 6) is 0.837. The van der Waals surface area contributed by atoms with Gasteiger partial charge >= 0.3 is 0 Å². The Hall–Kier alpha value is -0.610. The summed E-state index contributed by atoms with van der Waals surface area (Å²) >= 11 is 7.26. The zero-order chi connectivity index (χ0) is 12.3. The van der Waals surface area contributed by atoms with Crippen molar-refractivity contribution in [3.05, 3.63) is 17.3 Å². The summed E-state index contributed by atoms with van der Waals surface area (Å²) in [6.07, 6.45) is 7.01. The van der Waals surface area contributed by atoms with Crippen LogP contribution < -0.4 is 0 Å². The quantitative estimate of drug-likeness (QED) is 0.409. The molecule has 0 fully saturated rings. The molecule has 0 aliphatic heterocycles. The van der Waals surface area contributed by atoms with Crippen molar-refractivity contribution >= 4 is 29.6 Å². The average molecular weight is 272 g/mol. The summed E-state index contributed by atoms with van der Waals surface area (Å²) < 4.78 is 0. The minimum absolute atomic E-state index is 0.430. The largest absolute Gasteiger partial charge is 0.297 e. The second kappa shape index (κ2) is 9.42. The molecule has 1 aromatic heterocycles. The van der Waals surface area contributed by atoms with Gasteiger partial charge in [-0.3, -0.25) is 4.99 Å². The number of thioether (sulfide) groups is 1. The highest BCUT2D eigenvalue weighted by molar-refractivity contribution is 7.99. The molecule has 1 heterocycles. The molecular weight excluding hydrogens is 254 g/mol. The molecule has 5 heteroatoms. The zero-order valence-corrected chi connectivity index (χ0v) is 11.7. The lowest BCUT2D eigenvalue weighted by molar-refractivity contribution is 0.676. The fourth-order valence-electron chi connectivity index (χ4n) is 1.28. The van der Waals surface area contributed by atoms with E-state index in [0.717, 1.165) is 17.3 Å². The van der Waals surface area contributed by atoms with Crippen LogP contribution in [0.25, 0.3) is 0 Å². The van der Waals surface area contributed by atoms with Crippen LogP contribution in [0.4, 0.5) is 0 Å². The molecule has 0 N–H and O–H groups in total. The van der Waals surface area contributed by atoms with Crippen molar-refractivity contribution in [1.82, 2.24) is 10.2 Å². The van der Waals surface area contributed by atoms with Crippen molar-refractivity contribution < 1.29 is 0 Å². The van der Waals surface area contributed by atoms with Gasteiger partial charge in [-0.1, -0.05) is 49.5 Å². The van der Waals surface area contributed by atoms with E-state index in [9.17, 15) is 0 Å². The molecule has 0 radical (unpaired) electrons. The van der Waals surface area contributed by atoms with E-state index in [2.05, 4.69) is 22.1 Å². The molecule has 0 unspecified atom stereocenters. The molecule has 0 saturated heterocycles. The van der Waals surface area contributed by atoms with Crippen molar-refractivity contribution in [2.75, 3.05) is 12.3 Å². The maximum Gasteiger partial charge on any atom is 0.151 e. The second-order valence-electron chi connectivity index (χ2n) is 3.65. The Morgan fingerprint density at radius 3 is 2.88 bits per heavy atom. The van der Waals surface area contributed by atoms with E-state index in [1.54, 1.807) is 17.8 Å². The molecule has 94 valence electrons. The number of halogens is 1. The highest BCUT2D eigenvalue weighted by Gasteiger charge is 1.94. The molecule has 17 heavy (non-hydrogen) atoms. The van der Waals surface area contributed by atoms with Gasteiger partial charge in [0.05, 0.1) is 0 Å². The Morgan fingerprint density at radius 1 is 1.29 bits per heavy atom. The lowest BCUT2D eigenvalue weighted by Crippen LogP contribution is -1.89. The Balaban J connectivity index is 2.07. The Morgan fingerprint density at radius 2 is 2.18 bits per heavy atom. The first-order chi connectivity index (χ1) is 8.33. The van der Waals surface area contributed by atoms with Crippen LogP contribution in [0.15, 0.2) is 22.2 Å². The van der Waals surface area contributed by atoms with Crippen LogP contribution in [-0.2, 0) is 0 Å². The van der Waals surface area contributed by atoms with Crippen LogP contribution in [0.1, 0.15) is 32.6 Å². The summed E-state index contributed by atoms with van der Waals surface area (Å²) in [6, 6.07) is 3.62. The molecule has 0 saturated carbocycles. The summed E-state index contributed by atoms with van der Waals surface area (Å²) in [6.45, 7) is 3.15. The van der Waals surface area contributed by atoms with Gasteiger partial charge in [-0.05, 0) is 18.6 Å². The first-order valence-electron chi connectivity index (χ1n) is 5.93. The van der Waals surface area contributed by atoms with Crippen LogP contribution in [0.3, 0.4) is 0 Å². The van der Waals surface area contributed by atoms with E-state index >= 15 is 0 Å². The van der Waals surface area contributed by atoms with Gasteiger partial charge in [0.2, 0.25) is 0 Å². The van der Waals surface area contributed by atoms with E-state index in [4.69, 9.17) is 11.6 Å². The third kappa shape index (κ3) is 7.34. The van der Waals surface area contributed by atoms with E-state index in [1.807, 2.05) is 12.3 Å². The molecule has 3 nitrogen and oxygen atoms in total. The highest BCUT2D eigenvalue weighted by Crippen LogP contribution is 2.14. The SMILES string of the molecule is CCCCCCN=CCSc1ccc(Cl)nn1. The van der Waals surface area contributed by atoms with Gasteiger partial charge in [0.15, 0.2) is 5.15 Å². The molecule has 0 spiro atoms. The smallest absolute Gasteiger partial charge is 0.151 e. The first kappa shape index (κ1) is 14.5. The van der Waals surface area contributed by atoms with Crippen LogP contribution >= 0.6 is 23.4 Å². The number of nitrogens with zero attached hydrogens (tertiary/aromatic N) is 3. The van der Waals surface area contributed by atoms with Gasteiger partial charge in [0.1, 0.15) is 5.03 Å². The van der Waals surface area contributed by atoms with Crippen molar-refractivity contribution in [3.8, 4) is 0 Å². The predicted octanol–water partition coefficient (Wildman–Crippen LogP) is 3.87. The maximum atomic E-state index is 5.65. The molecule has 1 aromatic rings. The predicted molar refractivity (Wildman–Crippen MR) is 75.3 cm³/mol. The molecule has 0 bridgehead atoms. The third-order valence-electron chi connectivity index (χ3n) is 2.18. The van der Waals surface area contributed by atoms with Crippen LogP contribution in [-0.4, -0.2) is 28.7 Å². The fraction of sp³-hybridized carbons (Fsp3) is 0.583. The van der Waals surface area contributed by atoms with E-state index in [-0.39, 0.29) is 0 Å². The number of hydrogen-bond donors (Lipinski definition) is 0. The van der Waals surface area contributed by atoms with Crippen LogP contribution in [0.5, 0.6) is 0 Å². The van der Waals surface area contributed by atoms with Crippen molar-refractivity contribution in [3.63, 3.8) is 0 Å². The number of unbranched alkanes of at least 4 members (excludes halogenated alkanes) is 3. The monoisotopic (exact) mass is 271 g/mol. The zero-order valence-electron chi connectivity index (χ0n) is 10.1. The molecule has 0 amide bonds. The number of aliphatic imine (C=N–C) groups is 1. The lowest BCUT2D eigenvalue weighted by Gasteiger charge is -1.96. The van der Waals surface area contributed by atoms with Gasteiger partial charge in [-0.15, -0.1) is 10.2 Å². The molecule has 0 atom stereocenters. The topological polar surface area (TPSA) is 38.1 Å². The van der Waals surface area contributed by atoms with Crippen molar-refractivity contribution in [2.45, 2.75) is 37.6 Å². The standard InChI is InChI=1S/C12H18ClN3S/c1-2-3-4-5-8-14-9-10-17-12-7-6-11(13)15-16-12/h6-7,9H,2-5,8,10H2,1H3. The van der Waals surface area contributed by atoms with Gasteiger partial charge < -0.3 is 0 Å². The van der Waals surface area contributed by atoms with Crippen molar-refractivity contribution in [1.29, 1.82) is 0 Å². The third-order valence-corrected chi connectivity index (χ3v) is 3.21. The van der Waals surface area contributed by atoms with E-state index in [0.29, 0.717) is 5.15 Å². The maximum absolute atomic E-state index is 5.65. The second-order valence-corrected chi connectivity index (χ2v) is 5.08. The van der Waals surface area contributed by atoms with Crippen molar-refractivity contribution in [2.24, 2.45) is 4.99 Å². The summed E-state index contributed by atoms with van der Waals surface area (Å²) in [5, 5.41) is 9.04. The van der Waals surface area contributed by atoms with E-state index in [1.165, 1.54) is 25.7 Å². The van der Waals surface area contributed by atoms with E-state index < -0.39 is 0 Å². The van der Waals surface area contributed by atoms with Gasteiger partial charge in [0, 0.05) is 18.5 Å². The van der Waals surface area contributed by atoms with Gasteiger partial charge in [-0.2, -0.15) is 0 Å². The Kier molecular flexibility index (Phi) is 8.01. The molecule has 1 rings (SSSR count). The first-order valence-corrected chi connectivity index (χ1v) is 7.29. The van der Waals surface area contributed by atoms with Gasteiger partial charge in [-0.25, -0.2) is 0 Å².